The highest BCUT2D eigenvalue weighted by Gasteiger charge is 2.23. The molecule has 1 aliphatic rings. The van der Waals surface area contributed by atoms with E-state index < -0.39 is 10.0 Å². The number of unbranched alkanes of at least 4 members (excludes halogenated alkanes) is 3. The third-order valence-corrected chi connectivity index (χ3v) is 4.92. The minimum absolute atomic E-state index is 0.146. The number of carbonyl (C=O) groups excluding carboxylic acids is 1. The fraction of sp³-hybridized carbons (Fsp3) is 0.923. The molecule has 1 saturated heterocycles. The number of hydrogen-bond acceptors (Lipinski definition) is 4. The van der Waals surface area contributed by atoms with Crippen molar-refractivity contribution in [2.24, 2.45) is 5.73 Å². The van der Waals surface area contributed by atoms with Crippen LogP contribution in [0.15, 0.2) is 0 Å². The third kappa shape index (κ3) is 6.19. The Hall–Kier alpha value is -0.660. The molecule has 0 aromatic heterocycles. The zero-order chi connectivity index (χ0) is 15.0. The predicted molar refractivity (Wildman–Crippen MR) is 79.8 cm³/mol. The second kappa shape index (κ2) is 8.59. The van der Waals surface area contributed by atoms with E-state index in [4.69, 9.17) is 5.73 Å². The molecule has 20 heavy (non-hydrogen) atoms. The number of nitrogens with two attached hydrogens (primary N) is 1. The van der Waals surface area contributed by atoms with Crippen LogP contribution in [0, 0.1) is 0 Å². The van der Waals surface area contributed by atoms with Crippen LogP contribution >= 0.6 is 0 Å². The quantitative estimate of drug-likeness (QED) is 0.690. The van der Waals surface area contributed by atoms with Crippen LogP contribution in [0.1, 0.15) is 38.5 Å². The van der Waals surface area contributed by atoms with Gasteiger partial charge in [0.25, 0.3) is 0 Å². The summed E-state index contributed by atoms with van der Waals surface area (Å²) in [5.41, 5.74) is 5.42. The topological polar surface area (TPSA) is 83.7 Å². The van der Waals surface area contributed by atoms with E-state index in [9.17, 15) is 13.2 Å². The van der Waals surface area contributed by atoms with E-state index in [1.807, 2.05) is 0 Å². The highest BCUT2D eigenvalue weighted by atomic mass is 32.2. The summed E-state index contributed by atoms with van der Waals surface area (Å²) in [6.07, 6.45) is 6.52. The molecule has 0 aliphatic carbocycles. The highest BCUT2D eigenvalue weighted by Crippen LogP contribution is 2.10. The molecule has 7 heteroatoms. The predicted octanol–water partition coefficient (Wildman–Crippen LogP) is 0.390. The number of hydrogen-bond donors (Lipinski definition) is 1. The van der Waals surface area contributed by atoms with E-state index >= 15 is 0 Å². The van der Waals surface area contributed by atoms with Gasteiger partial charge >= 0.3 is 0 Å². The molecule has 0 saturated carbocycles. The summed E-state index contributed by atoms with van der Waals surface area (Å²) in [6.45, 7) is 2.81. The maximum absolute atomic E-state index is 12.1. The SMILES string of the molecule is CS(=O)(=O)N1CCCN(C(=O)CCCCCCN)CC1. The largest absolute Gasteiger partial charge is 0.341 e. The summed E-state index contributed by atoms with van der Waals surface area (Å²) in [5.74, 6) is 0.146. The number of rotatable bonds is 7. The third-order valence-electron chi connectivity index (χ3n) is 3.62. The van der Waals surface area contributed by atoms with E-state index in [1.54, 1.807) is 4.90 Å². The zero-order valence-electron chi connectivity index (χ0n) is 12.4. The Kier molecular flexibility index (Phi) is 7.47. The second-order valence-electron chi connectivity index (χ2n) is 5.35. The average molecular weight is 305 g/mol. The van der Waals surface area contributed by atoms with Crippen molar-refractivity contribution < 1.29 is 13.2 Å². The van der Waals surface area contributed by atoms with Crippen molar-refractivity contribution in [3.05, 3.63) is 0 Å². The van der Waals surface area contributed by atoms with E-state index in [-0.39, 0.29) is 5.91 Å². The molecule has 6 nitrogen and oxygen atoms in total. The molecule has 0 atom stereocenters. The maximum Gasteiger partial charge on any atom is 0.222 e. The molecule has 2 N–H and O–H groups in total. The van der Waals surface area contributed by atoms with Gasteiger partial charge in [0.2, 0.25) is 15.9 Å². The molecule has 1 aliphatic heterocycles. The van der Waals surface area contributed by atoms with Gasteiger partial charge < -0.3 is 10.6 Å². The molecule has 118 valence electrons. The summed E-state index contributed by atoms with van der Waals surface area (Å²) in [5, 5.41) is 0. The van der Waals surface area contributed by atoms with Crippen molar-refractivity contribution in [3.8, 4) is 0 Å². The van der Waals surface area contributed by atoms with E-state index in [1.165, 1.54) is 10.6 Å². The Balaban J connectivity index is 2.31. The minimum Gasteiger partial charge on any atom is -0.341 e. The van der Waals surface area contributed by atoms with E-state index in [2.05, 4.69) is 0 Å². The standard InChI is InChI=1S/C13H27N3O3S/c1-20(18,19)16-10-6-9-15(11-12-16)13(17)7-4-2-3-5-8-14/h2-12,14H2,1H3. The van der Waals surface area contributed by atoms with Crippen LogP contribution in [-0.2, 0) is 14.8 Å². The summed E-state index contributed by atoms with van der Waals surface area (Å²) in [4.78, 5) is 13.9. The lowest BCUT2D eigenvalue weighted by Crippen LogP contribution is -2.36. The van der Waals surface area contributed by atoms with E-state index in [0.717, 1.165) is 25.7 Å². The summed E-state index contributed by atoms with van der Waals surface area (Å²) in [7, 11) is -3.14. The van der Waals surface area contributed by atoms with Gasteiger partial charge in [0, 0.05) is 32.6 Å². The number of amides is 1. The molecule has 0 unspecified atom stereocenters. The molecule has 1 fully saturated rings. The number of nitrogens with zero attached hydrogens (tertiary/aromatic N) is 2. The molecule has 1 heterocycles. The van der Waals surface area contributed by atoms with Crippen molar-refractivity contribution in [3.63, 3.8) is 0 Å². The van der Waals surface area contributed by atoms with Gasteiger partial charge in [-0.3, -0.25) is 4.79 Å². The molecular formula is C13H27N3O3S. The smallest absolute Gasteiger partial charge is 0.222 e. The van der Waals surface area contributed by atoms with Crippen molar-refractivity contribution in [2.75, 3.05) is 39.0 Å². The lowest BCUT2D eigenvalue weighted by molar-refractivity contribution is -0.131. The Labute approximate surface area is 122 Å². The van der Waals surface area contributed by atoms with Crippen molar-refractivity contribution in [2.45, 2.75) is 38.5 Å². The van der Waals surface area contributed by atoms with Gasteiger partial charge in [-0.15, -0.1) is 0 Å². The van der Waals surface area contributed by atoms with Gasteiger partial charge in [-0.1, -0.05) is 12.8 Å². The van der Waals surface area contributed by atoms with Crippen molar-refractivity contribution >= 4 is 15.9 Å². The van der Waals surface area contributed by atoms with Crippen LogP contribution < -0.4 is 5.73 Å². The first kappa shape index (κ1) is 17.4. The van der Waals surface area contributed by atoms with Gasteiger partial charge in [-0.25, -0.2) is 12.7 Å². The lowest BCUT2D eigenvalue weighted by Gasteiger charge is -2.21. The Morgan fingerprint density at radius 3 is 2.40 bits per heavy atom. The van der Waals surface area contributed by atoms with Crippen LogP contribution in [0.3, 0.4) is 0 Å². The lowest BCUT2D eigenvalue weighted by atomic mass is 10.1. The minimum atomic E-state index is -3.14. The fourth-order valence-electron chi connectivity index (χ4n) is 2.41. The monoisotopic (exact) mass is 305 g/mol. The first-order valence-electron chi connectivity index (χ1n) is 7.38. The van der Waals surface area contributed by atoms with Gasteiger partial charge in [0.1, 0.15) is 0 Å². The van der Waals surface area contributed by atoms with E-state index in [0.29, 0.717) is 45.6 Å². The zero-order valence-corrected chi connectivity index (χ0v) is 13.2. The average Bonchev–Trinajstić information content (AvgIpc) is 2.63. The van der Waals surface area contributed by atoms with Crippen LogP contribution in [0.5, 0.6) is 0 Å². The van der Waals surface area contributed by atoms with Gasteiger partial charge in [-0.05, 0) is 25.8 Å². The molecule has 0 aromatic rings. The summed E-state index contributed by atoms with van der Waals surface area (Å²) < 4.78 is 24.5. The Morgan fingerprint density at radius 2 is 1.75 bits per heavy atom. The molecule has 0 radical (unpaired) electrons. The molecule has 0 spiro atoms. The van der Waals surface area contributed by atoms with Crippen LogP contribution in [0.25, 0.3) is 0 Å². The van der Waals surface area contributed by atoms with Crippen LogP contribution in [-0.4, -0.2) is 62.5 Å². The fourth-order valence-corrected chi connectivity index (χ4v) is 3.28. The summed E-state index contributed by atoms with van der Waals surface area (Å²) >= 11 is 0. The van der Waals surface area contributed by atoms with Crippen molar-refractivity contribution in [1.82, 2.24) is 9.21 Å². The molecule has 1 rings (SSSR count). The molecular weight excluding hydrogens is 278 g/mol. The second-order valence-corrected chi connectivity index (χ2v) is 7.33. The maximum atomic E-state index is 12.1. The number of carbonyl (C=O) groups is 1. The first-order chi connectivity index (χ1) is 9.45. The highest BCUT2D eigenvalue weighted by molar-refractivity contribution is 7.88. The normalized spacial score (nSPS) is 18.0. The van der Waals surface area contributed by atoms with Gasteiger partial charge in [0.05, 0.1) is 6.26 Å². The Bertz CT molecular complexity index is 398. The van der Waals surface area contributed by atoms with Crippen molar-refractivity contribution in [1.29, 1.82) is 0 Å². The summed E-state index contributed by atoms with van der Waals surface area (Å²) in [6, 6.07) is 0. The van der Waals surface area contributed by atoms with Gasteiger partial charge in [-0.2, -0.15) is 0 Å². The number of sulfonamides is 1. The van der Waals surface area contributed by atoms with Gasteiger partial charge in [0.15, 0.2) is 0 Å². The molecule has 0 bridgehead atoms. The van der Waals surface area contributed by atoms with Crippen LogP contribution in [0.2, 0.25) is 0 Å². The first-order valence-corrected chi connectivity index (χ1v) is 9.23. The Morgan fingerprint density at radius 1 is 1.05 bits per heavy atom. The van der Waals surface area contributed by atoms with Crippen LogP contribution in [0.4, 0.5) is 0 Å². The molecule has 1 amide bonds. The molecule has 0 aromatic carbocycles.